The van der Waals surface area contributed by atoms with Gasteiger partial charge in [0.05, 0.1) is 19.7 Å². The smallest absolute Gasteiger partial charge is 0.235 e. The number of hydrogen-bond donors (Lipinski definition) is 1. The van der Waals surface area contributed by atoms with Gasteiger partial charge in [-0.1, -0.05) is 15.9 Å². The molecular weight excluding hydrogens is 358 g/mol. The van der Waals surface area contributed by atoms with Crippen molar-refractivity contribution in [2.75, 3.05) is 20.7 Å². The molecule has 23 heavy (non-hydrogen) atoms. The molecule has 1 aromatic carbocycles. The third kappa shape index (κ3) is 4.69. The molecule has 0 radical (unpaired) electrons. The van der Waals surface area contributed by atoms with Gasteiger partial charge in [-0.3, -0.25) is 9.69 Å². The van der Waals surface area contributed by atoms with Crippen molar-refractivity contribution in [3.63, 3.8) is 0 Å². The van der Waals surface area contributed by atoms with Crippen LogP contribution in [0.5, 0.6) is 5.75 Å². The number of rotatable bonds is 7. The van der Waals surface area contributed by atoms with Crippen LogP contribution in [0.4, 0.5) is 0 Å². The number of hydrogen-bond acceptors (Lipinski definition) is 4. The van der Waals surface area contributed by atoms with E-state index in [2.05, 4.69) is 27.3 Å². The lowest BCUT2D eigenvalue weighted by Crippen LogP contribution is -2.49. The predicted octanol–water partition coefficient (Wildman–Crippen LogP) is 2.70. The topological polar surface area (TPSA) is 65.4 Å². The normalized spacial score (nSPS) is 16.5. The van der Waals surface area contributed by atoms with Gasteiger partial charge in [0.2, 0.25) is 5.91 Å². The van der Waals surface area contributed by atoms with Crippen molar-refractivity contribution in [2.45, 2.75) is 31.8 Å². The Morgan fingerprint density at radius 3 is 2.83 bits per heavy atom. The number of nitrogens with one attached hydrogen (secondary N) is 1. The second-order valence-electron chi connectivity index (χ2n) is 6.27. The molecule has 0 heterocycles. The fraction of sp³-hybridized carbons (Fsp3) is 0.529. The molecule has 1 atom stereocenters. The van der Waals surface area contributed by atoms with Crippen molar-refractivity contribution in [3.8, 4) is 11.8 Å². The Kier molecular flexibility index (Phi) is 5.66. The summed E-state index contributed by atoms with van der Waals surface area (Å²) in [6.07, 6.45) is 2.02. The minimum absolute atomic E-state index is 0.127. The molecule has 1 fully saturated rings. The standard InChI is InChI=1S/C17H22BrN3O2/c1-17(11-19,13-4-5-13)20-16(22)10-21(2)9-12-8-14(18)6-7-15(12)23-3/h6-8,13H,4-5,9-10H2,1-3H3,(H,20,22)/t17-/m1/s1. The Morgan fingerprint density at radius 2 is 2.26 bits per heavy atom. The number of carbonyl (C=O) groups is 1. The highest BCUT2D eigenvalue weighted by atomic mass is 79.9. The van der Waals surface area contributed by atoms with Gasteiger partial charge in [0.15, 0.2) is 0 Å². The number of methoxy groups -OCH3 is 1. The maximum Gasteiger partial charge on any atom is 0.235 e. The van der Waals surface area contributed by atoms with Gasteiger partial charge in [0, 0.05) is 16.6 Å². The highest BCUT2D eigenvalue weighted by Gasteiger charge is 2.43. The molecule has 0 unspecified atom stereocenters. The van der Waals surface area contributed by atoms with Gasteiger partial charge in [-0.25, -0.2) is 0 Å². The van der Waals surface area contributed by atoms with Gasteiger partial charge < -0.3 is 10.1 Å². The lowest BCUT2D eigenvalue weighted by atomic mass is 9.98. The number of halogens is 1. The first-order valence-corrected chi connectivity index (χ1v) is 8.40. The van der Waals surface area contributed by atoms with Gasteiger partial charge in [-0.2, -0.15) is 5.26 Å². The molecule has 1 N–H and O–H groups in total. The average Bonchev–Trinajstić information content (AvgIpc) is 3.32. The molecule has 0 bridgehead atoms. The highest BCUT2D eigenvalue weighted by Crippen LogP contribution is 2.39. The van der Waals surface area contributed by atoms with Crippen molar-refractivity contribution in [2.24, 2.45) is 5.92 Å². The summed E-state index contributed by atoms with van der Waals surface area (Å²) in [5.41, 5.74) is 0.258. The van der Waals surface area contributed by atoms with E-state index in [1.165, 1.54) is 0 Å². The van der Waals surface area contributed by atoms with Crippen molar-refractivity contribution in [1.29, 1.82) is 5.26 Å². The van der Waals surface area contributed by atoms with Gasteiger partial charge >= 0.3 is 0 Å². The van der Waals surface area contributed by atoms with Crippen LogP contribution < -0.4 is 10.1 Å². The second kappa shape index (κ2) is 7.33. The number of nitriles is 1. The van der Waals surface area contributed by atoms with Crippen molar-refractivity contribution in [3.05, 3.63) is 28.2 Å². The fourth-order valence-corrected chi connectivity index (χ4v) is 3.08. The zero-order chi connectivity index (χ0) is 17.0. The monoisotopic (exact) mass is 379 g/mol. The second-order valence-corrected chi connectivity index (χ2v) is 7.18. The maximum absolute atomic E-state index is 12.2. The van der Waals surface area contributed by atoms with E-state index in [0.29, 0.717) is 6.54 Å². The van der Waals surface area contributed by atoms with E-state index < -0.39 is 5.54 Å². The van der Waals surface area contributed by atoms with Crippen LogP contribution in [0.3, 0.4) is 0 Å². The maximum atomic E-state index is 12.2. The van der Waals surface area contributed by atoms with E-state index >= 15 is 0 Å². The van der Waals surface area contributed by atoms with Gasteiger partial charge in [0.1, 0.15) is 11.3 Å². The van der Waals surface area contributed by atoms with E-state index in [1.54, 1.807) is 14.0 Å². The Bertz CT molecular complexity index is 625. The number of ether oxygens (including phenoxy) is 1. The first-order chi connectivity index (χ1) is 10.9. The zero-order valence-electron chi connectivity index (χ0n) is 13.7. The van der Waals surface area contributed by atoms with Crippen molar-refractivity contribution in [1.82, 2.24) is 10.2 Å². The molecule has 1 saturated carbocycles. The van der Waals surface area contributed by atoms with Crippen molar-refractivity contribution < 1.29 is 9.53 Å². The molecule has 0 aliphatic heterocycles. The molecule has 0 spiro atoms. The summed E-state index contributed by atoms with van der Waals surface area (Å²) in [6, 6.07) is 8.04. The lowest BCUT2D eigenvalue weighted by Gasteiger charge is -2.25. The van der Waals surface area contributed by atoms with E-state index in [1.807, 2.05) is 30.1 Å². The average molecular weight is 380 g/mol. The molecule has 1 aromatic rings. The Balaban J connectivity index is 1.94. The van der Waals surface area contributed by atoms with Crippen LogP contribution in [-0.4, -0.2) is 37.0 Å². The van der Waals surface area contributed by atoms with E-state index in [0.717, 1.165) is 28.6 Å². The quantitative estimate of drug-likeness (QED) is 0.790. The van der Waals surface area contributed by atoms with Crippen LogP contribution in [0.25, 0.3) is 0 Å². The Labute approximate surface area is 145 Å². The summed E-state index contributed by atoms with van der Waals surface area (Å²) < 4.78 is 6.32. The van der Waals surface area contributed by atoms with Crippen LogP contribution >= 0.6 is 15.9 Å². The number of benzene rings is 1. The molecule has 1 amide bonds. The van der Waals surface area contributed by atoms with E-state index in [4.69, 9.17) is 4.74 Å². The summed E-state index contributed by atoms with van der Waals surface area (Å²) in [5.74, 6) is 0.949. The first-order valence-electron chi connectivity index (χ1n) is 7.61. The highest BCUT2D eigenvalue weighted by molar-refractivity contribution is 9.10. The van der Waals surface area contributed by atoms with Crippen LogP contribution in [0.15, 0.2) is 22.7 Å². The van der Waals surface area contributed by atoms with Gasteiger partial charge in [0.25, 0.3) is 0 Å². The molecule has 2 rings (SSSR count). The van der Waals surface area contributed by atoms with Gasteiger partial charge in [-0.15, -0.1) is 0 Å². The van der Waals surface area contributed by atoms with E-state index in [-0.39, 0.29) is 18.4 Å². The largest absolute Gasteiger partial charge is 0.496 e. The SMILES string of the molecule is COc1ccc(Br)cc1CN(C)CC(=O)N[C@](C)(C#N)C1CC1. The number of amides is 1. The Morgan fingerprint density at radius 1 is 1.57 bits per heavy atom. The zero-order valence-corrected chi connectivity index (χ0v) is 15.3. The summed E-state index contributed by atoms with van der Waals surface area (Å²) in [5, 5.41) is 12.2. The molecule has 0 saturated heterocycles. The third-order valence-corrected chi connectivity index (χ3v) is 4.61. The molecule has 1 aliphatic carbocycles. The number of likely N-dealkylation sites (N-methyl/N-ethyl adjacent to an activating group) is 1. The number of nitrogens with zero attached hydrogens (tertiary/aromatic N) is 2. The minimum Gasteiger partial charge on any atom is -0.496 e. The molecule has 124 valence electrons. The third-order valence-electron chi connectivity index (χ3n) is 4.12. The molecule has 1 aliphatic rings. The fourth-order valence-electron chi connectivity index (χ4n) is 2.67. The van der Waals surface area contributed by atoms with Crippen LogP contribution in [0, 0.1) is 17.2 Å². The molecule has 5 nitrogen and oxygen atoms in total. The predicted molar refractivity (Wildman–Crippen MR) is 91.9 cm³/mol. The molecular formula is C17H22BrN3O2. The minimum atomic E-state index is -0.745. The summed E-state index contributed by atoms with van der Waals surface area (Å²) in [4.78, 5) is 14.1. The van der Waals surface area contributed by atoms with E-state index in [9.17, 15) is 10.1 Å². The Hall–Kier alpha value is -1.58. The molecule has 6 heteroatoms. The number of carbonyl (C=O) groups excluding carboxylic acids is 1. The van der Waals surface area contributed by atoms with Crippen LogP contribution in [-0.2, 0) is 11.3 Å². The van der Waals surface area contributed by atoms with Crippen LogP contribution in [0.2, 0.25) is 0 Å². The van der Waals surface area contributed by atoms with Gasteiger partial charge in [-0.05, 0) is 50.9 Å². The molecule has 0 aromatic heterocycles. The van der Waals surface area contributed by atoms with Crippen LogP contribution in [0.1, 0.15) is 25.3 Å². The summed E-state index contributed by atoms with van der Waals surface area (Å²) in [6.45, 7) is 2.63. The van der Waals surface area contributed by atoms with Crippen molar-refractivity contribution >= 4 is 21.8 Å². The summed E-state index contributed by atoms with van der Waals surface area (Å²) in [7, 11) is 3.51. The summed E-state index contributed by atoms with van der Waals surface area (Å²) >= 11 is 3.45. The first kappa shape index (κ1) is 17.8. The lowest BCUT2D eigenvalue weighted by molar-refractivity contribution is -0.123.